The number of carbonyl (C=O) groups excluding carboxylic acids is 1. The maximum atomic E-state index is 12.1. The molecule has 1 N–H and O–H groups in total. The third-order valence-corrected chi connectivity index (χ3v) is 3.89. The zero-order chi connectivity index (χ0) is 13.2. The lowest BCUT2D eigenvalue weighted by Crippen LogP contribution is -2.13. The number of nitrogens with one attached hydrogen (secondary N) is 1. The van der Waals surface area contributed by atoms with Crippen LogP contribution < -0.4 is 5.32 Å². The van der Waals surface area contributed by atoms with E-state index in [4.69, 9.17) is 0 Å². The lowest BCUT2D eigenvalue weighted by Gasteiger charge is -2.05. The number of thiophene rings is 1. The molecule has 0 aliphatic heterocycles. The fourth-order valence-corrected chi connectivity index (χ4v) is 2.83. The molecule has 94 valence electrons. The molecule has 0 saturated carbocycles. The largest absolute Gasteiger partial charge is 0.306 e. The van der Waals surface area contributed by atoms with Gasteiger partial charge in [-0.2, -0.15) is 0 Å². The van der Waals surface area contributed by atoms with E-state index in [2.05, 4.69) is 31.2 Å². The predicted molar refractivity (Wildman–Crippen MR) is 79.5 cm³/mol. The Balaban J connectivity index is 1.93. The summed E-state index contributed by atoms with van der Waals surface area (Å²) in [4.78, 5) is 21.3. The first-order chi connectivity index (χ1) is 9.24. The molecule has 2 aromatic heterocycles. The summed E-state index contributed by atoms with van der Waals surface area (Å²) in [6.45, 7) is 0. The van der Waals surface area contributed by atoms with Gasteiger partial charge in [0.2, 0.25) is 0 Å². The van der Waals surface area contributed by atoms with Crippen LogP contribution in [0.2, 0.25) is 0 Å². The molecule has 4 nitrogen and oxygen atoms in total. The highest BCUT2D eigenvalue weighted by molar-refractivity contribution is 9.10. The Labute approximate surface area is 121 Å². The van der Waals surface area contributed by atoms with E-state index >= 15 is 0 Å². The Kier molecular flexibility index (Phi) is 3.27. The molecule has 6 heteroatoms. The molecule has 2 heterocycles. The van der Waals surface area contributed by atoms with Crippen LogP contribution in [-0.2, 0) is 0 Å². The third kappa shape index (κ3) is 2.50. The van der Waals surface area contributed by atoms with Crippen molar-refractivity contribution in [1.82, 2.24) is 9.97 Å². The van der Waals surface area contributed by atoms with E-state index in [1.54, 1.807) is 12.1 Å². The van der Waals surface area contributed by atoms with Crippen LogP contribution in [0, 0.1) is 0 Å². The quantitative estimate of drug-likeness (QED) is 0.777. The predicted octanol–water partition coefficient (Wildman–Crippen LogP) is 3.71. The first-order valence-corrected chi connectivity index (χ1v) is 7.16. The highest BCUT2D eigenvalue weighted by atomic mass is 79.9. The molecular formula is C13H8BrN3OS. The van der Waals surface area contributed by atoms with E-state index in [0.29, 0.717) is 11.4 Å². The van der Waals surface area contributed by atoms with Crippen molar-refractivity contribution in [3.8, 4) is 0 Å². The van der Waals surface area contributed by atoms with Gasteiger partial charge in [-0.25, -0.2) is 9.97 Å². The molecule has 3 aromatic rings. The van der Waals surface area contributed by atoms with Crippen molar-refractivity contribution < 1.29 is 4.79 Å². The van der Waals surface area contributed by atoms with Gasteiger partial charge in [-0.1, -0.05) is 22.0 Å². The van der Waals surface area contributed by atoms with Gasteiger partial charge in [0.1, 0.15) is 17.0 Å². The van der Waals surface area contributed by atoms with Crippen molar-refractivity contribution in [2.24, 2.45) is 0 Å². The number of halogens is 1. The van der Waals surface area contributed by atoms with Crippen molar-refractivity contribution >= 4 is 49.2 Å². The number of hydrogen-bond donors (Lipinski definition) is 1. The molecular weight excluding hydrogens is 326 g/mol. The fourth-order valence-electron chi connectivity index (χ4n) is 1.70. The van der Waals surface area contributed by atoms with E-state index in [1.807, 2.05) is 23.6 Å². The van der Waals surface area contributed by atoms with Crippen LogP contribution in [0.5, 0.6) is 0 Å². The molecule has 0 bridgehead atoms. The zero-order valence-electron chi connectivity index (χ0n) is 9.63. The van der Waals surface area contributed by atoms with Crippen molar-refractivity contribution in [2.45, 2.75) is 0 Å². The summed E-state index contributed by atoms with van der Waals surface area (Å²) in [7, 11) is 0. The first-order valence-electron chi connectivity index (χ1n) is 5.49. The Hall–Kier alpha value is -1.79. The van der Waals surface area contributed by atoms with Gasteiger partial charge in [-0.15, -0.1) is 11.3 Å². The molecule has 3 rings (SSSR count). The minimum absolute atomic E-state index is 0.187. The lowest BCUT2D eigenvalue weighted by molar-refractivity contribution is 0.102. The van der Waals surface area contributed by atoms with E-state index in [0.717, 1.165) is 14.7 Å². The molecule has 1 amide bonds. The molecule has 0 saturated heterocycles. The van der Waals surface area contributed by atoms with Crippen LogP contribution >= 0.6 is 27.3 Å². The third-order valence-electron chi connectivity index (χ3n) is 2.58. The number of aromatic nitrogens is 2. The number of nitrogens with zero attached hydrogens (tertiary/aromatic N) is 2. The van der Waals surface area contributed by atoms with Gasteiger partial charge < -0.3 is 5.32 Å². The van der Waals surface area contributed by atoms with Gasteiger partial charge in [-0.3, -0.25) is 4.79 Å². The van der Waals surface area contributed by atoms with E-state index in [1.165, 1.54) is 17.7 Å². The molecule has 1 aromatic carbocycles. The smallest absolute Gasteiger partial charge is 0.256 e. The molecule has 0 radical (unpaired) electrons. The number of carbonyl (C=O) groups is 1. The van der Waals surface area contributed by atoms with Crippen molar-refractivity contribution in [1.29, 1.82) is 0 Å². The van der Waals surface area contributed by atoms with Gasteiger partial charge in [-0.05, 0) is 29.6 Å². The number of benzene rings is 1. The van der Waals surface area contributed by atoms with Gasteiger partial charge in [0.15, 0.2) is 0 Å². The normalized spacial score (nSPS) is 10.6. The van der Waals surface area contributed by atoms with Gasteiger partial charge in [0.25, 0.3) is 5.91 Å². The summed E-state index contributed by atoms with van der Waals surface area (Å²) < 4.78 is 0.864. The molecule has 0 aliphatic carbocycles. The van der Waals surface area contributed by atoms with Gasteiger partial charge >= 0.3 is 0 Å². The number of anilines is 1. The second-order valence-corrected chi connectivity index (χ2v) is 5.64. The minimum Gasteiger partial charge on any atom is -0.306 e. The number of fused-ring (bicyclic) bond motifs is 1. The molecule has 0 aliphatic rings. The topological polar surface area (TPSA) is 54.9 Å². The summed E-state index contributed by atoms with van der Waals surface area (Å²) in [6.07, 6.45) is 1.45. The Morgan fingerprint density at radius 3 is 3.00 bits per heavy atom. The monoisotopic (exact) mass is 333 g/mol. The summed E-state index contributed by atoms with van der Waals surface area (Å²) in [5.41, 5.74) is 0.580. The van der Waals surface area contributed by atoms with Crippen molar-refractivity contribution in [3.05, 3.63) is 52.1 Å². The second-order valence-electron chi connectivity index (χ2n) is 3.83. The average Bonchev–Trinajstić information content (AvgIpc) is 2.88. The van der Waals surface area contributed by atoms with Crippen molar-refractivity contribution in [2.75, 3.05) is 5.32 Å². The summed E-state index contributed by atoms with van der Waals surface area (Å²) in [5.74, 6) is 0.351. The van der Waals surface area contributed by atoms with E-state index in [-0.39, 0.29) is 5.91 Å². The second kappa shape index (κ2) is 5.07. The highest BCUT2D eigenvalue weighted by Gasteiger charge is 2.10. The van der Waals surface area contributed by atoms with Crippen molar-refractivity contribution in [3.63, 3.8) is 0 Å². The number of amides is 1. The highest BCUT2D eigenvalue weighted by Crippen LogP contribution is 2.24. The van der Waals surface area contributed by atoms with Crippen LogP contribution in [0.3, 0.4) is 0 Å². The Morgan fingerprint density at radius 2 is 2.16 bits per heavy atom. The molecule has 0 atom stereocenters. The molecule has 0 spiro atoms. The maximum absolute atomic E-state index is 12.1. The standard InChI is InChI=1S/C13H8BrN3OS/c14-9-3-1-2-8(6-9)12(18)17-11-10-4-5-19-13(10)16-7-15-11/h1-7H,(H,15,16,17,18). The van der Waals surface area contributed by atoms with Crippen LogP contribution in [0.15, 0.2) is 46.5 Å². The van der Waals surface area contributed by atoms with E-state index in [9.17, 15) is 4.79 Å². The fraction of sp³-hybridized carbons (Fsp3) is 0. The maximum Gasteiger partial charge on any atom is 0.256 e. The minimum atomic E-state index is -0.187. The van der Waals surface area contributed by atoms with Crippen LogP contribution in [0.1, 0.15) is 10.4 Å². The van der Waals surface area contributed by atoms with Gasteiger partial charge in [0.05, 0.1) is 5.39 Å². The Morgan fingerprint density at radius 1 is 1.26 bits per heavy atom. The molecule has 19 heavy (non-hydrogen) atoms. The lowest BCUT2D eigenvalue weighted by atomic mass is 10.2. The van der Waals surface area contributed by atoms with Crippen LogP contribution in [-0.4, -0.2) is 15.9 Å². The van der Waals surface area contributed by atoms with Gasteiger partial charge in [0, 0.05) is 10.0 Å². The first kappa shape index (κ1) is 12.3. The van der Waals surface area contributed by atoms with Crippen LogP contribution in [0.4, 0.5) is 5.82 Å². The summed E-state index contributed by atoms with van der Waals surface area (Å²) in [6, 6.07) is 9.11. The number of hydrogen-bond acceptors (Lipinski definition) is 4. The van der Waals surface area contributed by atoms with Crippen LogP contribution in [0.25, 0.3) is 10.2 Å². The number of rotatable bonds is 2. The summed E-state index contributed by atoms with van der Waals surface area (Å²) in [5, 5.41) is 5.59. The molecule has 0 fully saturated rings. The molecule has 0 unspecified atom stereocenters. The zero-order valence-corrected chi connectivity index (χ0v) is 12.0. The summed E-state index contributed by atoms with van der Waals surface area (Å²) >= 11 is 4.86. The Bertz CT molecular complexity index is 756. The SMILES string of the molecule is O=C(Nc1ncnc2sccc12)c1cccc(Br)c1. The van der Waals surface area contributed by atoms with E-state index < -0.39 is 0 Å². The average molecular weight is 334 g/mol.